The number of hydrogen-bond donors (Lipinski definition) is 0. The molecule has 0 aromatic carbocycles. The summed E-state index contributed by atoms with van der Waals surface area (Å²) < 4.78 is 22.8. The number of hydrogen-bond acceptors (Lipinski definition) is 4. The van der Waals surface area contributed by atoms with E-state index in [9.17, 15) is 0 Å². The van der Waals surface area contributed by atoms with Gasteiger partial charge >= 0.3 is 0 Å². The molecule has 4 nitrogen and oxygen atoms in total. The van der Waals surface area contributed by atoms with Gasteiger partial charge in [-0.1, -0.05) is 0 Å². The second-order valence-corrected chi connectivity index (χ2v) is 4.34. The first-order chi connectivity index (χ1) is 6.78. The summed E-state index contributed by atoms with van der Waals surface area (Å²) in [5, 5.41) is 0. The fourth-order valence-corrected chi connectivity index (χ4v) is 2.40. The SMILES string of the molecule is CC1CCOC2(CC[C@H]3CO[C@@H]2O3)O1. The van der Waals surface area contributed by atoms with Gasteiger partial charge in [-0.2, -0.15) is 0 Å². The molecule has 3 saturated heterocycles. The summed E-state index contributed by atoms with van der Waals surface area (Å²) in [6.45, 7) is 3.51. The molecule has 0 N–H and O–H groups in total. The predicted molar refractivity (Wildman–Crippen MR) is 47.7 cm³/mol. The summed E-state index contributed by atoms with van der Waals surface area (Å²) in [6.07, 6.45) is 3.03. The standard InChI is InChI=1S/C10H16O4/c1-7-3-5-12-10(14-7)4-2-8-6-11-9(10)13-8/h7-9H,2-6H2,1H3/t7?,8-,9+,10?/m0/s1. The van der Waals surface area contributed by atoms with Crippen LogP contribution in [-0.2, 0) is 18.9 Å². The molecule has 0 aromatic rings. The van der Waals surface area contributed by atoms with Crippen LogP contribution in [0.5, 0.6) is 0 Å². The zero-order valence-electron chi connectivity index (χ0n) is 8.40. The van der Waals surface area contributed by atoms with E-state index in [0.29, 0.717) is 6.61 Å². The third kappa shape index (κ3) is 1.29. The Labute approximate surface area is 83.5 Å². The maximum atomic E-state index is 5.87. The molecule has 4 heteroatoms. The summed E-state index contributed by atoms with van der Waals surface area (Å²) in [4.78, 5) is 0. The topological polar surface area (TPSA) is 36.9 Å². The molecule has 0 saturated carbocycles. The van der Waals surface area contributed by atoms with E-state index in [1.54, 1.807) is 0 Å². The Hall–Kier alpha value is -0.160. The molecule has 1 spiro atoms. The summed E-state index contributed by atoms with van der Waals surface area (Å²) in [5.41, 5.74) is 0. The third-order valence-corrected chi connectivity index (χ3v) is 3.19. The first-order valence-electron chi connectivity index (χ1n) is 5.37. The van der Waals surface area contributed by atoms with E-state index in [-0.39, 0.29) is 18.5 Å². The van der Waals surface area contributed by atoms with E-state index in [0.717, 1.165) is 25.9 Å². The molecule has 4 atom stereocenters. The van der Waals surface area contributed by atoms with E-state index in [1.165, 1.54) is 0 Å². The van der Waals surface area contributed by atoms with Crippen molar-refractivity contribution in [2.24, 2.45) is 0 Å². The summed E-state index contributed by atoms with van der Waals surface area (Å²) in [5.74, 6) is -0.606. The molecular weight excluding hydrogens is 184 g/mol. The van der Waals surface area contributed by atoms with Crippen LogP contribution in [0.2, 0.25) is 0 Å². The van der Waals surface area contributed by atoms with Crippen LogP contribution < -0.4 is 0 Å². The van der Waals surface area contributed by atoms with Crippen molar-refractivity contribution in [3.63, 3.8) is 0 Å². The molecule has 2 bridgehead atoms. The van der Waals surface area contributed by atoms with Crippen LogP contribution in [0, 0.1) is 0 Å². The van der Waals surface area contributed by atoms with Crippen LogP contribution in [-0.4, -0.2) is 37.5 Å². The van der Waals surface area contributed by atoms with Crippen molar-refractivity contribution in [2.45, 2.75) is 50.5 Å². The van der Waals surface area contributed by atoms with E-state index in [4.69, 9.17) is 18.9 Å². The van der Waals surface area contributed by atoms with Gasteiger partial charge in [0, 0.05) is 6.42 Å². The molecule has 0 aromatic heterocycles. The molecule has 80 valence electrons. The number of ether oxygens (including phenoxy) is 4. The summed E-state index contributed by atoms with van der Waals surface area (Å²) in [7, 11) is 0. The summed E-state index contributed by atoms with van der Waals surface area (Å²) in [6, 6.07) is 0. The molecule has 3 aliphatic rings. The zero-order valence-corrected chi connectivity index (χ0v) is 8.40. The normalized spacial score (nSPS) is 52.5. The maximum absolute atomic E-state index is 5.87. The Morgan fingerprint density at radius 1 is 1.29 bits per heavy atom. The molecule has 3 aliphatic heterocycles. The van der Waals surface area contributed by atoms with Crippen LogP contribution in [0.15, 0.2) is 0 Å². The molecule has 0 amide bonds. The van der Waals surface area contributed by atoms with E-state index < -0.39 is 5.79 Å². The van der Waals surface area contributed by atoms with E-state index in [1.807, 2.05) is 0 Å². The molecule has 0 radical (unpaired) electrons. The van der Waals surface area contributed by atoms with Crippen molar-refractivity contribution in [1.82, 2.24) is 0 Å². The van der Waals surface area contributed by atoms with Gasteiger partial charge in [-0.15, -0.1) is 0 Å². The van der Waals surface area contributed by atoms with Crippen molar-refractivity contribution in [3.05, 3.63) is 0 Å². The van der Waals surface area contributed by atoms with Gasteiger partial charge in [-0.3, -0.25) is 0 Å². The summed E-state index contributed by atoms with van der Waals surface area (Å²) >= 11 is 0. The Balaban J connectivity index is 1.80. The lowest BCUT2D eigenvalue weighted by molar-refractivity contribution is -0.377. The quantitative estimate of drug-likeness (QED) is 0.585. The molecule has 3 heterocycles. The van der Waals surface area contributed by atoms with Gasteiger partial charge in [-0.25, -0.2) is 0 Å². The van der Waals surface area contributed by atoms with Crippen LogP contribution in [0.3, 0.4) is 0 Å². The lowest BCUT2D eigenvalue weighted by atomic mass is 10.0. The highest BCUT2D eigenvalue weighted by Crippen LogP contribution is 2.41. The van der Waals surface area contributed by atoms with Gasteiger partial charge < -0.3 is 18.9 Å². The Bertz CT molecular complexity index is 232. The monoisotopic (exact) mass is 200 g/mol. The smallest absolute Gasteiger partial charge is 0.220 e. The van der Waals surface area contributed by atoms with Gasteiger partial charge in [0.25, 0.3) is 0 Å². The first-order valence-corrected chi connectivity index (χ1v) is 5.37. The number of fused-ring (bicyclic) bond motifs is 3. The van der Waals surface area contributed by atoms with Gasteiger partial charge in [-0.05, 0) is 19.8 Å². The minimum atomic E-state index is -0.606. The van der Waals surface area contributed by atoms with Crippen molar-refractivity contribution in [2.75, 3.05) is 13.2 Å². The van der Waals surface area contributed by atoms with Crippen molar-refractivity contribution < 1.29 is 18.9 Å². The van der Waals surface area contributed by atoms with E-state index >= 15 is 0 Å². The highest BCUT2D eigenvalue weighted by molar-refractivity contribution is 4.89. The maximum Gasteiger partial charge on any atom is 0.220 e. The second kappa shape index (κ2) is 3.17. The van der Waals surface area contributed by atoms with Gasteiger partial charge in [0.2, 0.25) is 12.1 Å². The minimum Gasteiger partial charge on any atom is -0.345 e. The average molecular weight is 200 g/mol. The molecule has 3 rings (SSSR count). The van der Waals surface area contributed by atoms with Crippen molar-refractivity contribution >= 4 is 0 Å². The lowest BCUT2D eigenvalue weighted by Gasteiger charge is -2.44. The highest BCUT2D eigenvalue weighted by Gasteiger charge is 2.53. The van der Waals surface area contributed by atoms with Gasteiger partial charge in [0.15, 0.2) is 0 Å². The first kappa shape index (κ1) is 9.09. The lowest BCUT2D eigenvalue weighted by Crippen LogP contribution is -2.55. The van der Waals surface area contributed by atoms with Crippen molar-refractivity contribution in [1.29, 1.82) is 0 Å². The molecule has 3 fully saturated rings. The fourth-order valence-electron chi connectivity index (χ4n) is 2.40. The average Bonchev–Trinajstić information content (AvgIpc) is 2.58. The highest BCUT2D eigenvalue weighted by atomic mass is 16.8. The van der Waals surface area contributed by atoms with Gasteiger partial charge in [0.1, 0.15) is 0 Å². The Kier molecular flexibility index (Phi) is 2.06. The van der Waals surface area contributed by atoms with Crippen molar-refractivity contribution in [3.8, 4) is 0 Å². The van der Waals surface area contributed by atoms with Crippen LogP contribution >= 0.6 is 0 Å². The predicted octanol–water partition coefficient (Wildman–Crippen LogP) is 1.04. The Morgan fingerprint density at radius 3 is 3.07 bits per heavy atom. The fraction of sp³-hybridized carbons (Fsp3) is 1.00. The second-order valence-electron chi connectivity index (χ2n) is 4.34. The van der Waals surface area contributed by atoms with Gasteiger partial charge in [0.05, 0.1) is 25.4 Å². The largest absolute Gasteiger partial charge is 0.345 e. The minimum absolute atomic E-state index is 0.244. The third-order valence-electron chi connectivity index (χ3n) is 3.19. The van der Waals surface area contributed by atoms with Crippen LogP contribution in [0.25, 0.3) is 0 Å². The van der Waals surface area contributed by atoms with Crippen LogP contribution in [0.1, 0.15) is 26.2 Å². The number of rotatable bonds is 0. The molecule has 14 heavy (non-hydrogen) atoms. The van der Waals surface area contributed by atoms with Crippen LogP contribution in [0.4, 0.5) is 0 Å². The molecular formula is C10H16O4. The zero-order chi connectivity index (χ0) is 9.60. The molecule has 0 aliphatic carbocycles. The van der Waals surface area contributed by atoms with E-state index in [2.05, 4.69) is 6.92 Å². The molecule has 2 unspecified atom stereocenters. The Morgan fingerprint density at radius 2 is 2.21 bits per heavy atom.